The van der Waals surface area contributed by atoms with Crippen LogP contribution in [-0.4, -0.2) is 63.3 Å². The Labute approximate surface area is 159 Å². The van der Waals surface area contributed by atoms with Crippen molar-refractivity contribution in [2.45, 2.75) is 0 Å². The van der Waals surface area contributed by atoms with Crippen LogP contribution < -0.4 is 19.7 Å². The third kappa shape index (κ3) is 4.17. The number of carbonyl (C=O) groups is 1. The predicted octanol–water partition coefficient (Wildman–Crippen LogP) is 2.01. The Morgan fingerprint density at radius 1 is 0.926 bits per heavy atom. The first-order chi connectivity index (χ1) is 13.3. The number of hydrogen-bond donors (Lipinski definition) is 1. The number of carbonyl (C=O) groups excluding carboxylic acids is 1. The highest BCUT2D eigenvalue weighted by molar-refractivity contribution is 5.97. The topological polar surface area (TPSA) is 54.0 Å². The van der Waals surface area contributed by atoms with Gasteiger partial charge in [-0.05, 0) is 24.3 Å². The van der Waals surface area contributed by atoms with E-state index >= 15 is 0 Å². The van der Waals surface area contributed by atoms with Crippen molar-refractivity contribution in [3.8, 4) is 11.5 Å². The normalized spacial score (nSPS) is 16.8. The molecular weight excluding hydrogens is 342 g/mol. The summed E-state index contributed by atoms with van der Waals surface area (Å²) in [5.74, 6) is 1.09. The lowest BCUT2D eigenvalue weighted by Gasteiger charge is -2.36. The maximum atomic E-state index is 12.5. The summed E-state index contributed by atoms with van der Waals surface area (Å²) >= 11 is 0. The van der Waals surface area contributed by atoms with Crippen LogP contribution in [0.15, 0.2) is 48.5 Å². The molecule has 2 aromatic rings. The van der Waals surface area contributed by atoms with E-state index in [1.165, 1.54) is 5.69 Å². The fraction of sp³-hybridized carbons (Fsp3) is 0.381. The standard InChI is InChI=1S/C21H25N3O3/c25-21(18-7-4-8-19-20(18)27-16-15-26-19)22-9-10-23-11-13-24(14-12-23)17-5-2-1-3-6-17/h1-8H,9-16H2,(H,22,25). The van der Waals surface area contributed by atoms with Gasteiger partial charge in [0.15, 0.2) is 11.5 Å². The highest BCUT2D eigenvalue weighted by atomic mass is 16.6. The van der Waals surface area contributed by atoms with Crippen molar-refractivity contribution < 1.29 is 14.3 Å². The Kier molecular flexibility index (Phi) is 5.44. The van der Waals surface area contributed by atoms with Crippen LogP contribution in [0.4, 0.5) is 5.69 Å². The zero-order valence-electron chi connectivity index (χ0n) is 15.4. The van der Waals surface area contributed by atoms with Gasteiger partial charge in [0.05, 0.1) is 5.56 Å². The van der Waals surface area contributed by atoms with E-state index in [1.807, 2.05) is 18.2 Å². The maximum absolute atomic E-state index is 12.5. The number of nitrogens with zero attached hydrogens (tertiary/aromatic N) is 2. The van der Waals surface area contributed by atoms with Crippen molar-refractivity contribution in [3.05, 3.63) is 54.1 Å². The van der Waals surface area contributed by atoms with E-state index in [0.717, 1.165) is 32.7 Å². The molecule has 0 radical (unpaired) electrons. The van der Waals surface area contributed by atoms with E-state index in [2.05, 4.69) is 39.4 Å². The van der Waals surface area contributed by atoms with Gasteiger partial charge >= 0.3 is 0 Å². The van der Waals surface area contributed by atoms with Crippen molar-refractivity contribution in [2.75, 3.05) is 57.4 Å². The van der Waals surface area contributed by atoms with Crippen molar-refractivity contribution in [3.63, 3.8) is 0 Å². The predicted molar refractivity (Wildman–Crippen MR) is 105 cm³/mol. The summed E-state index contributed by atoms with van der Waals surface area (Å²) in [6, 6.07) is 15.9. The molecule has 27 heavy (non-hydrogen) atoms. The second kappa shape index (κ2) is 8.31. The van der Waals surface area contributed by atoms with Crippen LogP contribution in [0, 0.1) is 0 Å². The molecule has 0 atom stereocenters. The van der Waals surface area contributed by atoms with E-state index < -0.39 is 0 Å². The molecule has 2 aliphatic heterocycles. The molecule has 2 aromatic carbocycles. The number of para-hydroxylation sites is 2. The average molecular weight is 367 g/mol. The van der Waals surface area contributed by atoms with Crippen molar-refractivity contribution >= 4 is 11.6 Å². The van der Waals surface area contributed by atoms with Gasteiger partial charge in [-0.25, -0.2) is 0 Å². The van der Waals surface area contributed by atoms with Crippen LogP contribution in [0.5, 0.6) is 11.5 Å². The van der Waals surface area contributed by atoms with E-state index in [-0.39, 0.29) is 5.91 Å². The molecule has 2 heterocycles. The minimum absolute atomic E-state index is 0.111. The van der Waals surface area contributed by atoms with Crippen LogP contribution in [-0.2, 0) is 0 Å². The lowest BCUT2D eigenvalue weighted by Crippen LogP contribution is -2.48. The quantitative estimate of drug-likeness (QED) is 0.876. The number of piperazine rings is 1. The first-order valence-electron chi connectivity index (χ1n) is 9.50. The molecule has 6 nitrogen and oxygen atoms in total. The van der Waals surface area contributed by atoms with Crippen LogP contribution in [0.1, 0.15) is 10.4 Å². The van der Waals surface area contributed by atoms with E-state index in [9.17, 15) is 4.79 Å². The molecule has 1 saturated heterocycles. The zero-order valence-corrected chi connectivity index (χ0v) is 15.4. The average Bonchev–Trinajstić information content (AvgIpc) is 2.74. The largest absolute Gasteiger partial charge is 0.486 e. The molecule has 1 fully saturated rings. The van der Waals surface area contributed by atoms with Crippen LogP contribution in [0.25, 0.3) is 0 Å². The summed E-state index contributed by atoms with van der Waals surface area (Å²) in [5, 5.41) is 3.01. The molecule has 0 saturated carbocycles. The first kappa shape index (κ1) is 17.7. The number of rotatable bonds is 5. The molecule has 0 unspecified atom stereocenters. The lowest BCUT2D eigenvalue weighted by molar-refractivity contribution is 0.0936. The van der Waals surface area contributed by atoms with Gasteiger partial charge in [-0.15, -0.1) is 0 Å². The van der Waals surface area contributed by atoms with Gasteiger partial charge in [-0.2, -0.15) is 0 Å². The summed E-state index contributed by atoms with van der Waals surface area (Å²) in [6.07, 6.45) is 0. The second-order valence-corrected chi connectivity index (χ2v) is 6.75. The fourth-order valence-corrected chi connectivity index (χ4v) is 3.54. The van der Waals surface area contributed by atoms with Crippen LogP contribution in [0.3, 0.4) is 0 Å². The molecule has 0 bridgehead atoms. The number of benzene rings is 2. The highest BCUT2D eigenvalue weighted by Crippen LogP contribution is 2.33. The first-order valence-corrected chi connectivity index (χ1v) is 9.50. The Bertz CT molecular complexity index is 773. The summed E-state index contributed by atoms with van der Waals surface area (Å²) < 4.78 is 11.2. The van der Waals surface area contributed by atoms with E-state index in [1.54, 1.807) is 6.07 Å². The Balaban J connectivity index is 1.24. The Hall–Kier alpha value is -2.73. The summed E-state index contributed by atoms with van der Waals surface area (Å²) in [4.78, 5) is 17.3. The molecule has 6 heteroatoms. The van der Waals surface area contributed by atoms with Crippen LogP contribution in [0.2, 0.25) is 0 Å². The van der Waals surface area contributed by atoms with E-state index in [0.29, 0.717) is 36.8 Å². The minimum atomic E-state index is -0.111. The number of fused-ring (bicyclic) bond motifs is 1. The van der Waals surface area contributed by atoms with Crippen molar-refractivity contribution in [2.24, 2.45) is 0 Å². The molecule has 0 spiro atoms. The molecular formula is C21H25N3O3. The summed E-state index contributed by atoms with van der Waals surface area (Å²) in [6.45, 7) is 6.49. The van der Waals surface area contributed by atoms with Gasteiger partial charge < -0.3 is 19.7 Å². The molecule has 142 valence electrons. The monoisotopic (exact) mass is 367 g/mol. The Morgan fingerprint density at radius 2 is 1.70 bits per heavy atom. The van der Waals surface area contributed by atoms with Gasteiger partial charge in [-0.3, -0.25) is 9.69 Å². The van der Waals surface area contributed by atoms with Crippen LogP contribution >= 0.6 is 0 Å². The molecule has 0 aromatic heterocycles. The number of ether oxygens (including phenoxy) is 2. The molecule has 2 aliphatic rings. The maximum Gasteiger partial charge on any atom is 0.255 e. The van der Waals surface area contributed by atoms with Gasteiger partial charge in [0.2, 0.25) is 0 Å². The fourth-order valence-electron chi connectivity index (χ4n) is 3.54. The highest BCUT2D eigenvalue weighted by Gasteiger charge is 2.21. The smallest absolute Gasteiger partial charge is 0.255 e. The van der Waals surface area contributed by atoms with Gasteiger partial charge in [-0.1, -0.05) is 24.3 Å². The van der Waals surface area contributed by atoms with Gasteiger partial charge in [0.25, 0.3) is 5.91 Å². The minimum Gasteiger partial charge on any atom is -0.486 e. The number of hydrogen-bond acceptors (Lipinski definition) is 5. The second-order valence-electron chi connectivity index (χ2n) is 6.75. The Morgan fingerprint density at radius 3 is 2.52 bits per heavy atom. The van der Waals surface area contributed by atoms with E-state index in [4.69, 9.17) is 9.47 Å². The SMILES string of the molecule is O=C(NCCN1CCN(c2ccccc2)CC1)c1cccc2c1OCCO2. The third-order valence-corrected chi connectivity index (χ3v) is 5.02. The summed E-state index contributed by atoms with van der Waals surface area (Å²) in [5.41, 5.74) is 1.82. The third-order valence-electron chi connectivity index (χ3n) is 5.02. The van der Waals surface area contributed by atoms with Crippen molar-refractivity contribution in [1.82, 2.24) is 10.2 Å². The number of anilines is 1. The van der Waals surface area contributed by atoms with Gasteiger partial charge in [0.1, 0.15) is 13.2 Å². The molecule has 1 N–H and O–H groups in total. The molecule has 0 aliphatic carbocycles. The molecule has 1 amide bonds. The number of nitrogens with one attached hydrogen (secondary N) is 1. The lowest BCUT2D eigenvalue weighted by atomic mass is 10.1. The zero-order chi connectivity index (χ0) is 18.5. The van der Waals surface area contributed by atoms with Gasteiger partial charge in [0, 0.05) is 45.0 Å². The molecule has 4 rings (SSSR count). The van der Waals surface area contributed by atoms with Crippen molar-refractivity contribution in [1.29, 1.82) is 0 Å². The number of amides is 1. The summed E-state index contributed by atoms with van der Waals surface area (Å²) in [7, 11) is 0.